The molecule has 3 heteroatoms. The molecular formula is C11H21NO2. The van der Waals surface area contributed by atoms with Crippen molar-refractivity contribution in [2.45, 2.75) is 20.8 Å². The lowest BCUT2D eigenvalue weighted by atomic mass is 10.2. The Bertz CT molecular complexity index is 176. The lowest BCUT2D eigenvalue weighted by Crippen LogP contribution is -1.69. The molecule has 14 heavy (non-hydrogen) atoms. The van der Waals surface area contributed by atoms with Crippen LogP contribution in [0.5, 0.6) is 0 Å². The van der Waals surface area contributed by atoms with E-state index >= 15 is 0 Å². The van der Waals surface area contributed by atoms with E-state index in [2.05, 4.69) is 24.8 Å². The zero-order chi connectivity index (χ0) is 11.8. The summed E-state index contributed by atoms with van der Waals surface area (Å²) in [7, 11) is 1.50. The predicted octanol–water partition coefficient (Wildman–Crippen LogP) is 2.30. The third kappa shape index (κ3) is 22.4. The van der Waals surface area contributed by atoms with Crippen LogP contribution in [0.1, 0.15) is 19.4 Å². The van der Waals surface area contributed by atoms with E-state index in [1.807, 2.05) is 32.0 Å². The SMILES string of the molecule is CC.CN.Cc1ccccc1.O=CO. The molecule has 1 aromatic rings. The first-order chi connectivity index (χ1) is 6.81. The van der Waals surface area contributed by atoms with Crippen molar-refractivity contribution in [2.75, 3.05) is 7.05 Å². The quantitative estimate of drug-likeness (QED) is 0.630. The van der Waals surface area contributed by atoms with Crippen LogP contribution in [0.15, 0.2) is 30.3 Å². The Morgan fingerprint density at radius 1 is 1.14 bits per heavy atom. The van der Waals surface area contributed by atoms with E-state index in [9.17, 15) is 0 Å². The molecule has 3 N–H and O–H groups in total. The van der Waals surface area contributed by atoms with Gasteiger partial charge in [0.05, 0.1) is 0 Å². The van der Waals surface area contributed by atoms with Crippen molar-refractivity contribution in [1.82, 2.24) is 0 Å². The number of nitrogens with two attached hydrogens (primary N) is 1. The highest BCUT2D eigenvalue weighted by molar-refractivity contribution is 5.32. The Kier molecular flexibility index (Phi) is 29.7. The Morgan fingerprint density at radius 3 is 1.57 bits per heavy atom. The van der Waals surface area contributed by atoms with Gasteiger partial charge in [0.1, 0.15) is 0 Å². The van der Waals surface area contributed by atoms with E-state index in [4.69, 9.17) is 9.90 Å². The molecule has 0 unspecified atom stereocenters. The fraction of sp³-hybridized carbons (Fsp3) is 0.364. The Balaban J connectivity index is -0.000000148. The number of benzene rings is 1. The first kappa shape index (κ1) is 18.4. The van der Waals surface area contributed by atoms with Gasteiger partial charge in [-0.25, -0.2) is 0 Å². The minimum Gasteiger partial charge on any atom is -0.483 e. The highest BCUT2D eigenvalue weighted by Crippen LogP contribution is 1.92. The Hall–Kier alpha value is -1.35. The lowest BCUT2D eigenvalue weighted by molar-refractivity contribution is -0.122. The van der Waals surface area contributed by atoms with Crippen molar-refractivity contribution in [3.63, 3.8) is 0 Å². The van der Waals surface area contributed by atoms with Crippen LogP contribution in [0.3, 0.4) is 0 Å². The Morgan fingerprint density at radius 2 is 1.43 bits per heavy atom. The summed E-state index contributed by atoms with van der Waals surface area (Å²) in [6.07, 6.45) is 0. The number of rotatable bonds is 0. The average molecular weight is 199 g/mol. The first-order valence-electron chi connectivity index (χ1n) is 4.48. The van der Waals surface area contributed by atoms with Crippen molar-refractivity contribution in [2.24, 2.45) is 5.73 Å². The maximum Gasteiger partial charge on any atom is 0.290 e. The Labute approximate surface area is 86.6 Å². The molecule has 0 aliphatic carbocycles. The molecular weight excluding hydrogens is 178 g/mol. The van der Waals surface area contributed by atoms with Crippen LogP contribution in [0.25, 0.3) is 0 Å². The summed E-state index contributed by atoms with van der Waals surface area (Å²) in [5.74, 6) is 0. The van der Waals surface area contributed by atoms with Gasteiger partial charge in [-0.05, 0) is 14.0 Å². The van der Waals surface area contributed by atoms with Gasteiger partial charge in [0, 0.05) is 0 Å². The van der Waals surface area contributed by atoms with Gasteiger partial charge >= 0.3 is 0 Å². The molecule has 3 nitrogen and oxygen atoms in total. The smallest absolute Gasteiger partial charge is 0.290 e. The molecule has 1 aromatic carbocycles. The molecule has 1 rings (SSSR count). The van der Waals surface area contributed by atoms with Crippen LogP contribution in [0.2, 0.25) is 0 Å². The third-order valence-corrected chi connectivity index (χ3v) is 0.940. The van der Waals surface area contributed by atoms with Gasteiger partial charge in [-0.1, -0.05) is 49.7 Å². The van der Waals surface area contributed by atoms with E-state index in [-0.39, 0.29) is 6.47 Å². The minimum atomic E-state index is -0.250. The fourth-order valence-corrected chi connectivity index (χ4v) is 0.534. The van der Waals surface area contributed by atoms with Crippen molar-refractivity contribution in [1.29, 1.82) is 0 Å². The molecule has 0 spiro atoms. The summed E-state index contributed by atoms with van der Waals surface area (Å²) in [5, 5.41) is 6.89. The molecule has 82 valence electrons. The minimum absolute atomic E-state index is 0.250. The summed E-state index contributed by atoms with van der Waals surface area (Å²) in [5.41, 5.74) is 5.82. The van der Waals surface area contributed by atoms with Gasteiger partial charge < -0.3 is 10.8 Å². The van der Waals surface area contributed by atoms with E-state index in [1.165, 1.54) is 12.6 Å². The van der Waals surface area contributed by atoms with Gasteiger partial charge in [-0.15, -0.1) is 0 Å². The predicted molar refractivity (Wildman–Crippen MR) is 61.3 cm³/mol. The third-order valence-electron chi connectivity index (χ3n) is 0.940. The average Bonchev–Trinajstić information content (AvgIpc) is 2.26. The van der Waals surface area contributed by atoms with Crippen LogP contribution >= 0.6 is 0 Å². The number of carbonyl (C=O) groups is 1. The fourth-order valence-electron chi connectivity index (χ4n) is 0.534. The summed E-state index contributed by atoms with van der Waals surface area (Å²) in [4.78, 5) is 8.36. The molecule has 0 saturated carbocycles. The molecule has 0 saturated heterocycles. The normalized spacial score (nSPS) is 6.07. The number of hydrogen-bond donors (Lipinski definition) is 2. The van der Waals surface area contributed by atoms with Crippen LogP contribution in [0.4, 0.5) is 0 Å². The molecule has 0 bridgehead atoms. The molecule has 0 aliphatic rings. The largest absolute Gasteiger partial charge is 0.483 e. The summed E-state index contributed by atoms with van der Waals surface area (Å²) >= 11 is 0. The van der Waals surface area contributed by atoms with Crippen LogP contribution in [-0.2, 0) is 4.79 Å². The molecule has 0 fully saturated rings. The molecule has 0 atom stereocenters. The maximum absolute atomic E-state index is 8.36. The molecule has 0 radical (unpaired) electrons. The van der Waals surface area contributed by atoms with E-state index < -0.39 is 0 Å². The van der Waals surface area contributed by atoms with E-state index in [1.54, 1.807) is 0 Å². The number of carboxylic acid groups (broad SMARTS) is 1. The monoisotopic (exact) mass is 199 g/mol. The van der Waals surface area contributed by atoms with Crippen molar-refractivity contribution < 1.29 is 9.90 Å². The van der Waals surface area contributed by atoms with E-state index in [0.717, 1.165) is 0 Å². The highest BCUT2D eigenvalue weighted by Gasteiger charge is 1.72. The van der Waals surface area contributed by atoms with Crippen molar-refractivity contribution >= 4 is 6.47 Å². The zero-order valence-corrected chi connectivity index (χ0v) is 9.40. The van der Waals surface area contributed by atoms with Gasteiger partial charge in [0.25, 0.3) is 6.47 Å². The first-order valence-corrected chi connectivity index (χ1v) is 4.48. The van der Waals surface area contributed by atoms with Crippen LogP contribution in [0, 0.1) is 6.92 Å². The number of hydrogen-bond acceptors (Lipinski definition) is 2. The highest BCUT2D eigenvalue weighted by atomic mass is 16.3. The topological polar surface area (TPSA) is 63.3 Å². The molecule has 0 aliphatic heterocycles. The van der Waals surface area contributed by atoms with Gasteiger partial charge in [-0.3, -0.25) is 4.79 Å². The summed E-state index contributed by atoms with van der Waals surface area (Å²) < 4.78 is 0. The molecule has 0 aromatic heterocycles. The summed E-state index contributed by atoms with van der Waals surface area (Å²) in [6.45, 7) is 5.83. The van der Waals surface area contributed by atoms with Gasteiger partial charge in [0.15, 0.2) is 0 Å². The van der Waals surface area contributed by atoms with Crippen molar-refractivity contribution in [3.05, 3.63) is 35.9 Å². The van der Waals surface area contributed by atoms with Gasteiger partial charge in [-0.2, -0.15) is 0 Å². The van der Waals surface area contributed by atoms with E-state index in [0.29, 0.717) is 0 Å². The number of aryl methyl sites for hydroxylation is 1. The van der Waals surface area contributed by atoms with Gasteiger partial charge in [0.2, 0.25) is 0 Å². The molecule has 0 amide bonds. The molecule has 0 heterocycles. The van der Waals surface area contributed by atoms with Crippen LogP contribution < -0.4 is 5.73 Å². The maximum atomic E-state index is 8.36. The standard InChI is InChI=1S/C7H8.C2H6.CH5N.CH2O2/c1-7-5-3-2-4-6-7;2*1-2;2-1-3/h2-6H,1H3;1-2H3;2H2,1H3;1H,(H,2,3). The second kappa shape index (κ2) is 22.6. The van der Waals surface area contributed by atoms with Crippen LogP contribution in [-0.4, -0.2) is 18.6 Å². The van der Waals surface area contributed by atoms with Crippen molar-refractivity contribution in [3.8, 4) is 0 Å². The second-order valence-electron chi connectivity index (χ2n) is 1.76. The second-order valence-corrected chi connectivity index (χ2v) is 1.76. The lowest BCUT2D eigenvalue weighted by Gasteiger charge is -1.82. The summed E-state index contributed by atoms with van der Waals surface area (Å²) in [6, 6.07) is 10.3. The zero-order valence-electron chi connectivity index (χ0n) is 9.40.